The monoisotopic (exact) mass is 207 g/mol. The Hall–Kier alpha value is -1.22. The van der Waals surface area contributed by atoms with Gasteiger partial charge in [0.25, 0.3) is 0 Å². The lowest BCUT2D eigenvalue weighted by Gasteiger charge is -2.25. The average Bonchev–Trinajstić information content (AvgIpc) is 2.27. The highest BCUT2D eigenvalue weighted by Gasteiger charge is 2.21. The molecule has 15 heavy (non-hydrogen) atoms. The third kappa shape index (κ3) is 2.23. The molecule has 0 amide bonds. The van der Waals surface area contributed by atoms with Crippen LogP contribution in [0.15, 0.2) is 18.2 Å². The zero-order chi connectivity index (χ0) is 10.7. The molecule has 1 aliphatic rings. The number of phenols is 1. The van der Waals surface area contributed by atoms with E-state index in [1.807, 2.05) is 12.1 Å². The average molecular weight is 207 g/mol. The van der Waals surface area contributed by atoms with Crippen LogP contribution in [0.3, 0.4) is 0 Å². The van der Waals surface area contributed by atoms with Gasteiger partial charge in [0.15, 0.2) is 0 Å². The lowest BCUT2D eigenvalue weighted by molar-refractivity contribution is 0.216. The van der Waals surface area contributed by atoms with E-state index in [9.17, 15) is 5.11 Å². The number of fused-ring (bicyclic) bond motifs is 1. The van der Waals surface area contributed by atoms with E-state index in [2.05, 4.69) is 12.2 Å². The second-order valence-corrected chi connectivity index (χ2v) is 3.94. The second kappa shape index (κ2) is 4.53. The van der Waals surface area contributed by atoms with Crippen molar-refractivity contribution in [3.8, 4) is 11.5 Å². The van der Waals surface area contributed by atoms with Gasteiger partial charge in [0.1, 0.15) is 11.5 Å². The highest BCUT2D eigenvalue weighted by atomic mass is 16.5. The summed E-state index contributed by atoms with van der Waals surface area (Å²) in [6.45, 7) is 4.76. The summed E-state index contributed by atoms with van der Waals surface area (Å²) >= 11 is 0. The molecule has 2 N–H and O–H groups in total. The van der Waals surface area contributed by atoms with Crippen LogP contribution in [0.1, 0.15) is 12.5 Å². The number of aromatic hydroxyl groups is 1. The summed E-state index contributed by atoms with van der Waals surface area (Å²) in [6, 6.07) is 5.45. The summed E-state index contributed by atoms with van der Waals surface area (Å²) in [5.74, 6) is 1.65. The van der Waals surface area contributed by atoms with Gasteiger partial charge >= 0.3 is 0 Å². The molecule has 3 heteroatoms. The Bertz CT molecular complexity index is 338. The van der Waals surface area contributed by atoms with E-state index < -0.39 is 0 Å². The standard InChI is InChI=1S/C12H17NO2/c1-2-13-7-9-6-10-11(14)4-3-5-12(10)15-8-9/h3-5,9,13-14H,2,6-8H2,1H3. The van der Waals surface area contributed by atoms with Crippen molar-refractivity contribution in [2.45, 2.75) is 13.3 Å². The Labute approximate surface area is 90.1 Å². The molecule has 0 radical (unpaired) electrons. The molecule has 1 unspecified atom stereocenters. The fourth-order valence-electron chi connectivity index (χ4n) is 1.93. The maximum atomic E-state index is 9.70. The predicted molar refractivity (Wildman–Crippen MR) is 59.3 cm³/mol. The number of rotatable bonds is 3. The fourth-order valence-corrected chi connectivity index (χ4v) is 1.93. The second-order valence-electron chi connectivity index (χ2n) is 3.94. The van der Waals surface area contributed by atoms with Crippen LogP contribution in [0, 0.1) is 5.92 Å². The number of nitrogens with one attached hydrogen (secondary N) is 1. The van der Waals surface area contributed by atoms with E-state index in [0.29, 0.717) is 11.7 Å². The van der Waals surface area contributed by atoms with Crippen molar-refractivity contribution < 1.29 is 9.84 Å². The first kappa shape index (κ1) is 10.3. The molecule has 1 aromatic rings. The van der Waals surface area contributed by atoms with Crippen LogP contribution in [-0.2, 0) is 6.42 Å². The van der Waals surface area contributed by atoms with Gasteiger partial charge in [0.2, 0.25) is 0 Å². The smallest absolute Gasteiger partial charge is 0.126 e. The van der Waals surface area contributed by atoms with Gasteiger partial charge < -0.3 is 15.2 Å². The van der Waals surface area contributed by atoms with Crippen LogP contribution >= 0.6 is 0 Å². The molecule has 82 valence electrons. The zero-order valence-corrected chi connectivity index (χ0v) is 8.99. The predicted octanol–water partition coefficient (Wildman–Crippen LogP) is 1.55. The normalized spacial score (nSPS) is 19.4. The molecule has 1 heterocycles. The minimum atomic E-state index is 0.355. The maximum Gasteiger partial charge on any atom is 0.126 e. The molecular weight excluding hydrogens is 190 g/mol. The Kier molecular flexibility index (Phi) is 3.11. The lowest BCUT2D eigenvalue weighted by atomic mass is 9.96. The minimum Gasteiger partial charge on any atom is -0.508 e. The summed E-state index contributed by atoms with van der Waals surface area (Å²) in [7, 11) is 0. The van der Waals surface area contributed by atoms with Gasteiger partial charge in [-0.3, -0.25) is 0 Å². The molecular formula is C12H17NO2. The Morgan fingerprint density at radius 2 is 2.40 bits per heavy atom. The number of ether oxygens (including phenoxy) is 1. The van der Waals surface area contributed by atoms with E-state index in [4.69, 9.17) is 4.74 Å². The first-order valence-corrected chi connectivity index (χ1v) is 5.45. The van der Waals surface area contributed by atoms with E-state index in [1.165, 1.54) is 0 Å². The molecule has 2 rings (SSSR count). The van der Waals surface area contributed by atoms with Crippen molar-refractivity contribution in [2.24, 2.45) is 5.92 Å². The Balaban J connectivity index is 2.08. The van der Waals surface area contributed by atoms with Crippen molar-refractivity contribution in [1.29, 1.82) is 0 Å². The highest BCUT2D eigenvalue weighted by molar-refractivity contribution is 5.45. The summed E-state index contributed by atoms with van der Waals surface area (Å²) in [5.41, 5.74) is 0.951. The van der Waals surface area contributed by atoms with Gasteiger partial charge in [-0.2, -0.15) is 0 Å². The number of hydrogen-bond acceptors (Lipinski definition) is 3. The molecule has 0 saturated carbocycles. The summed E-state index contributed by atoms with van der Waals surface area (Å²) in [4.78, 5) is 0. The molecule has 0 bridgehead atoms. The fraction of sp³-hybridized carbons (Fsp3) is 0.500. The number of hydrogen-bond donors (Lipinski definition) is 2. The lowest BCUT2D eigenvalue weighted by Crippen LogP contribution is -2.31. The van der Waals surface area contributed by atoms with Gasteiger partial charge in [-0.05, 0) is 25.1 Å². The van der Waals surface area contributed by atoms with E-state index >= 15 is 0 Å². The molecule has 3 nitrogen and oxygen atoms in total. The first-order chi connectivity index (χ1) is 7.31. The summed E-state index contributed by atoms with van der Waals surface area (Å²) in [6.07, 6.45) is 0.898. The first-order valence-electron chi connectivity index (χ1n) is 5.45. The number of phenolic OH excluding ortho intramolecular Hbond substituents is 1. The van der Waals surface area contributed by atoms with Gasteiger partial charge in [0, 0.05) is 18.0 Å². The van der Waals surface area contributed by atoms with Gasteiger partial charge in [-0.25, -0.2) is 0 Å². The van der Waals surface area contributed by atoms with Gasteiger partial charge in [-0.1, -0.05) is 13.0 Å². The van der Waals surface area contributed by atoms with Crippen LogP contribution in [0.25, 0.3) is 0 Å². The molecule has 1 aromatic carbocycles. The molecule has 1 aliphatic heterocycles. The molecule has 0 spiro atoms. The van der Waals surface area contributed by atoms with Crippen LogP contribution in [0.5, 0.6) is 11.5 Å². The molecule has 0 aromatic heterocycles. The summed E-state index contributed by atoms with van der Waals surface area (Å²) < 4.78 is 5.61. The van der Waals surface area contributed by atoms with Crippen LogP contribution < -0.4 is 10.1 Å². The van der Waals surface area contributed by atoms with Crippen molar-refractivity contribution in [3.05, 3.63) is 23.8 Å². The van der Waals surface area contributed by atoms with Crippen LogP contribution in [0.2, 0.25) is 0 Å². The van der Waals surface area contributed by atoms with E-state index in [1.54, 1.807) is 6.07 Å². The van der Waals surface area contributed by atoms with Gasteiger partial charge in [-0.15, -0.1) is 0 Å². The van der Waals surface area contributed by atoms with E-state index in [0.717, 1.165) is 37.4 Å². The number of benzene rings is 1. The van der Waals surface area contributed by atoms with Crippen molar-refractivity contribution >= 4 is 0 Å². The molecule has 0 fully saturated rings. The van der Waals surface area contributed by atoms with Crippen LogP contribution in [0.4, 0.5) is 0 Å². The largest absolute Gasteiger partial charge is 0.508 e. The minimum absolute atomic E-state index is 0.355. The maximum absolute atomic E-state index is 9.70. The molecule has 1 atom stereocenters. The molecule has 0 aliphatic carbocycles. The van der Waals surface area contributed by atoms with E-state index in [-0.39, 0.29) is 0 Å². The van der Waals surface area contributed by atoms with Gasteiger partial charge in [0.05, 0.1) is 6.61 Å². The topological polar surface area (TPSA) is 41.5 Å². The van der Waals surface area contributed by atoms with Crippen molar-refractivity contribution in [2.75, 3.05) is 19.7 Å². The third-order valence-electron chi connectivity index (χ3n) is 2.76. The van der Waals surface area contributed by atoms with Crippen molar-refractivity contribution in [3.63, 3.8) is 0 Å². The van der Waals surface area contributed by atoms with Crippen LogP contribution in [-0.4, -0.2) is 24.8 Å². The van der Waals surface area contributed by atoms with Crippen molar-refractivity contribution in [1.82, 2.24) is 5.32 Å². The quantitative estimate of drug-likeness (QED) is 0.790. The summed E-state index contributed by atoms with van der Waals surface area (Å²) in [5, 5.41) is 13.0. The SMILES string of the molecule is CCNCC1COc2cccc(O)c2C1. The highest BCUT2D eigenvalue weighted by Crippen LogP contribution is 2.33. The Morgan fingerprint density at radius 1 is 1.53 bits per heavy atom. The molecule has 0 saturated heterocycles. The zero-order valence-electron chi connectivity index (χ0n) is 8.99. The Morgan fingerprint density at radius 3 is 3.20 bits per heavy atom. The third-order valence-corrected chi connectivity index (χ3v) is 2.76.